The fraction of sp³-hybridized carbons (Fsp3) is 0.500. The quantitative estimate of drug-likeness (QED) is 0.187. The number of hydroxylamine groups is 1. The Bertz CT molecular complexity index is 944. The van der Waals surface area contributed by atoms with Crippen molar-refractivity contribution >= 4 is 29.6 Å². The number of benzene rings is 2. The summed E-state index contributed by atoms with van der Waals surface area (Å²) in [6, 6.07) is 10.1. The van der Waals surface area contributed by atoms with Crippen LogP contribution >= 0.6 is 0 Å². The molecule has 0 atom stereocenters. The zero-order valence-corrected chi connectivity index (χ0v) is 24.3. The van der Waals surface area contributed by atoms with E-state index in [1.54, 1.807) is 21.3 Å². The number of fused-ring (bicyclic) bond motifs is 1. The molecule has 0 unspecified atom stereocenters. The minimum atomic E-state index is 0. The maximum atomic E-state index is 6.44. The molecule has 4 radical (unpaired) electrons. The first-order valence-corrected chi connectivity index (χ1v) is 12.2. The van der Waals surface area contributed by atoms with Crippen LogP contribution in [0.4, 0.5) is 5.69 Å². The van der Waals surface area contributed by atoms with Crippen LogP contribution < -0.4 is 19.3 Å². The Labute approximate surface area is 222 Å². The number of hydrogen-bond acceptors (Lipinski definition) is 5. The first-order valence-electron chi connectivity index (χ1n) is 12.2. The van der Waals surface area contributed by atoms with E-state index in [-0.39, 0.29) is 23.9 Å². The second-order valence-electron chi connectivity index (χ2n) is 8.49. The van der Waals surface area contributed by atoms with Crippen LogP contribution in [0.5, 0.6) is 23.0 Å². The molecule has 0 aromatic heterocycles. The van der Waals surface area contributed by atoms with Gasteiger partial charge in [-0.1, -0.05) is 45.6 Å². The number of aryl methyl sites for hydroxylation is 1. The van der Waals surface area contributed by atoms with E-state index in [0.29, 0.717) is 0 Å². The van der Waals surface area contributed by atoms with Gasteiger partial charge < -0.3 is 14.2 Å². The standard InChI is InChI=1S/C28H39NO4.Sn/c1-6-8-10-12-21-18-23(30-3)15-17-27(21)33-24-19-26-25(28(20-24)31-4)16-14-22(29(26)32-5)13-11-9-7-2;/h14-15,17-20H,6-13,16H2,1-5H3;. The summed E-state index contributed by atoms with van der Waals surface area (Å²) in [6.45, 7) is 4.44. The molecule has 0 amide bonds. The zero-order chi connectivity index (χ0) is 23.6. The number of methoxy groups -OCH3 is 2. The predicted octanol–water partition coefficient (Wildman–Crippen LogP) is 7.24. The molecule has 1 aliphatic rings. The average Bonchev–Trinajstić information content (AvgIpc) is 2.84. The van der Waals surface area contributed by atoms with Crippen molar-refractivity contribution in [2.75, 3.05) is 26.4 Å². The summed E-state index contributed by atoms with van der Waals surface area (Å²) in [4.78, 5) is 5.82. The van der Waals surface area contributed by atoms with E-state index in [0.717, 1.165) is 71.9 Å². The molecule has 6 heteroatoms. The van der Waals surface area contributed by atoms with E-state index in [1.807, 2.05) is 23.3 Å². The van der Waals surface area contributed by atoms with Crippen LogP contribution in [-0.4, -0.2) is 45.2 Å². The SMILES string of the molecule is CCCCCC1=CCc2c(OC)cc(Oc3ccc(OC)cc3CCCCC)cc2N1OC.[Sn]. The summed E-state index contributed by atoms with van der Waals surface area (Å²) in [6.07, 6.45) is 12.1. The van der Waals surface area contributed by atoms with E-state index in [2.05, 4.69) is 32.1 Å². The summed E-state index contributed by atoms with van der Waals surface area (Å²) >= 11 is 0. The second kappa shape index (κ2) is 14.5. The minimum absolute atomic E-state index is 0. The maximum Gasteiger partial charge on any atom is 0.133 e. The van der Waals surface area contributed by atoms with E-state index >= 15 is 0 Å². The van der Waals surface area contributed by atoms with Crippen molar-refractivity contribution in [2.24, 2.45) is 0 Å². The van der Waals surface area contributed by atoms with Crippen LogP contribution in [0, 0.1) is 0 Å². The largest absolute Gasteiger partial charge is 0.497 e. The van der Waals surface area contributed by atoms with Gasteiger partial charge in [0.05, 0.1) is 27.0 Å². The van der Waals surface area contributed by atoms with Crippen LogP contribution in [0.2, 0.25) is 0 Å². The van der Waals surface area contributed by atoms with E-state index in [9.17, 15) is 0 Å². The Kier molecular flexibility index (Phi) is 12.1. The molecule has 3 rings (SSSR count). The first kappa shape index (κ1) is 28.4. The van der Waals surface area contributed by atoms with Crippen molar-refractivity contribution < 1.29 is 19.0 Å². The number of anilines is 1. The van der Waals surface area contributed by atoms with E-state index < -0.39 is 0 Å². The third kappa shape index (κ3) is 7.08. The van der Waals surface area contributed by atoms with Gasteiger partial charge in [-0.2, -0.15) is 0 Å². The zero-order valence-electron chi connectivity index (χ0n) is 21.4. The molecule has 184 valence electrons. The van der Waals surface area contributed by atoms with Crippen LogP contribution in [-0.2, 0) is 17.7 Å². The van der Waals surface area contributed by atoms with Crippen LogP contribution in [0.1, 0.15) is 69.9 Å². The van der Waals surface area contributed by atoms with Crippen molar-refractivity contribution in [3.8, 4) is 23.0 Å². The third-order valence-electron chi connectivity index (χ3n) is 6.16. The van der Waals surface area contributed by atoms with Crippen LogP contribution in [0.25, 0.3) is 0 Å². The van der Waals surface area contributed by atoms with E-state index in [4.69, 9.17) is 19.0 Å². The van der Waals surface area contributed by atoms with Crippen molar-refractivity contribution in [2.45, 2.75) is 71.6 Å². The van der Waals surface area contributed by atoms with Gasteiger partial charge in [0, 0.05) is 47.3 Å². The number of unbranched alkanes of at least 4 members (excludes halogenated alkanes) is 4. The monoisotopic (exact) mass is 573 g/mol. The molecule has 1 aliphatic heterocycles. The molecule has 0 fully saturated rings. The molecule has 0 saturated heterocycles. The Morgan fingerprint density at radius 3 is 2.18 bits per heavy atom. The number of rotatable bonds is 13. The average molecular weight is 572 g/mol. The van der Waals surface area contributed by atoms with Gasteiger partial charge in [-0.05, 0) is 55.9 Å². The summed E-state index contributed by atoms with van der Waals surface area (Å²) in [5, 5.41) is 1.93. The van der Waals surface area contributed by atoms with Crippen molar-refractivity contribution in [1.82, 2.24) is 0 Å². The molecular weight excluding hydrogens is 533 g/mol. The molecule has 0 N–H and O–H groups in total. The topological polar surface area (TPSA) is 40.2 Å². The summed E-state index contributed by atoms with van der Waals surface area (Å²) in [7, 11) is 5.13. The van der Waals surface area contributed by atoms with Gasteiger partial charge in [-0.25, -0.2) is 5.06 Å². The molecule has 0 aliphatic carbocycles. The van der Waals surface area contributed by atoms with E-state index in [1.165, 1.54) is 31.4 Å². The van der Waals surface area contributed by atoms with Crippen LogP contribution in [0.3, 0.4) is 0 Å². The minimum Gasteiger partial charge on any atom is -0.497 e. The second-order valence-corrected chi connectivity index (χ2v) is 8.49. The molecule has 34 heavy (non-hydrogen) atoms. The Morgan fingerprint density at radius 1 is 0.794 bits per heavy atom. The Hall–Kier alpha value is -1.86. The van der Waals surface area contributed by atoms with Crippen molar-refractivity contribution in [3.05, 3.63) is 53.2 Å². The summed E-state index contributed by atoms with van der Waals surface area (Å²) in [5.41, 5.74) is 4.45. The van der Waals surface area contributed by atoms with Gasteiger partial charge in [0.2, 0.25) is 0 Å². The Balaban J connectivity index is 0.00000408. The molecule has 0 saturated carbocycles. The molecule has 2 aromatic rings. The molecule has 5 nitrogen and oxygen atoms in total. The number of allylic oxidation sites excluding steroid dienone is 2. The van der Waals surface area contributed by atoms with Crippen LogP contribution in [0.15, 0.2) is 42.1 Å². The first-order chi connectivity index (χ1) is 16.1. The van der Waals surface area contributed by atoms with Gasteiger partial charge in [0.15, 0.2) is 0 Å². The normalized spacial score (nSPS) is 12.5. The Morgan fingerprint density at radius 2 is 1.53 bits per heavy atom. The molecule has 0 bridgehead atoms. The number of ether oxygens (including phenoxy) is 3. The third-order valence-corrected chi connectivity index (χ3v) is 6.16. The summed E-state index contributed by atoms with van der Waals surface area (Å²) < 4.78 is 17.6. The molecule has 0 spiro atoms. The number of nitrogens with zero attached hydrogens (tertiary/aromatic N) is 1. The predicted molar refractivity (Wildman–Crippen MR) is 140 cm³/mol. The molecule has 1 heterocycles. The number of hydrogen-bond donors (Lipinski definition) is 0. The van der Waals surface area contributed by atoms with Gasteiger partial charge >= 0.3 is 0 Å². The maximum absolute atomic E-state index is 6.44. The summed E-state index contributed by atoms with van der Waals surface area (Å²) in [5.74, 6) is 3.26. The van der Waals surface area contributed by atoms with Gasteiger partial charge in [0.25, 0.3) is 0 Å². The van der Waals surface area contributed by atoms with Gasteiger partial charge in [-0.3, -0.25) is 4.84 Å². The smallest absolute Gasteiger partial charge is 0.133 e. The van der Waals surface area contributed by atoms with Gasteiger partial charge in [0.1, 0.15) is 23.0 Å². The fourth-order valence-corrected chi connectivity index (χ4v) is 4.34. The van der Waals surface area contributed by atoms with Gasteiger partial charge in [-0.15, -0.1) is 0 Å². The van der Waals surface area contributed by atoms with Crippen molar-refractivity contribution in [1.29, 1.82) is 0 Å². The molecular formula is C28H39NO4Sn. The van der Waals surface area contributed by atoms with Crippen molar-refractivity contribution in [3.63, 3.8) is 0 Å². The molecule has 2 aromatic carbocycles. The fourth-order valence-electron chi connectivity index (χ4n) is 4.34.